The quantitative estimate of drug-likeness (QED) is 0.595. The maximum atomic E-state index is 13.0. The van der Waals surface area contributed by atoms with Gasteiger partial charge in [0.2, 0.25) is 10.0 Å². The number of likely N-dealkylation sites (N-methyl/N-ethyl adjacent to an activating group) is 1. The zero-order valence-corrected chi connectivity index (χ0v) is 18.5. The molecule has 154 valence electrons. The molecule has 0 bridgehead atoms. The third-order valence-corrected chi connectivity index (χ3v) is 7.77. The van der Waals surface area contributed by atoms with Crippen molar-refractivity contribution in [3.05, 3.63) is 35.2 Å². The lowest BCUT2D eigenvalue weighted by Gasteiger charge is -2.31. The number of piperazine rings is 1. The molecule has 1 saturated heterocycles. The van der Waals surface area contributed by atoms with Gasteiger partial charge in [-0.1, -0.05) is 29.9 Å². The number of anilines is 2. The monoisotopic (exact) mass is 452 g/mol. The Kier molecular flexibility index (Phi) is 5.71. The molecule has 1 fully saturated rings. The van der Waals surface area contributed by atoms with Crippen LogP contribution < -0.4 is 5.32 Å². The first-order chi connectivity index (χ1) is 13.8. The minimum Gasteiger partial charge on any atom is -0.316 e. The van der Waals surface area contributed by atoms with Gasteiger partial charge in [-0.15, -0.1) is 0 Å². The second kappa shape index (κ2) is 8.11. The highest BCUT2D eigenvalue weighted by atomic mass is 35.5. The van der Waals surface area contributed by atoms with Gasteiger partial charge in [-0.25, -0.2) is 23.4 Å². The average Bonchev–Trinajstić information content (AvgIpc) is 3.09. The van der Waals surface area contributed by atoms with Crippen LogP contribution in [0.25, 0.3) is 10.2 Å². The minimum atomic E-state index is -3.51. The molecule has 11 heteroatoms. The van der Waals surface area contributed by atoms with Crippen molar-refractivity contribution < 1.29 is 8.42 Å². The first kappa shape index (κ1) is 20.4. The number of thiazole rings is 1. The molecular weight excluding hydrogens is 432 g/mol. The van der Waals surface area contributed by atoms with E-state index in [1.807, 2.05) is 14.0 Å². The summed E-state index contributed by atoms with van der Waals surface area (Å²) in [6.07, 6.45) is 0.669. The Balaban J connectivity index is 1.60. The zero-order chi connectivity index (χ0) is 20.6. The predicted octanol–water partition coefficient (Wildman–Crippen LogP) is 2.98. The molecule has 3 aromatic rings. The lowest BCUT2D eigenvalue weighted by atomic mass is 10.3. The molecule has 0 amide bonds. The standard InChI is InChI=1S/C18H21ClN6O2S2/c1-3-16-21-15(19)11-17(22-16)23-18-20-13-5-4-12(10-14(13)28-18)29(26,27)25-8-6-24(2)7-9-25/h4-5,10-11H,3,6-9H2,1-2H3,(H,20,21,22,23). The number of aryl methyl sites for hydroxylation is 1. The van der Waals surface area contributed by atoms with E-state index in [0.29, 0.717) is 46.3 Å². The molecule has 3 heterocycles. The van der Waals surface area contributed by atoms with Crippen molar-refractivity contribution in [2.45, 2.75) is 18.2 Å². The molecule has 29 heavy (non-hydrogen) atoms. The van der Waals surface area contributed by atoms with Gasteiger partial charge >= 0.3 is 0 Å². The van der Waals surface area contributed by atoms with Gasteiger partial charge in [0.25, 0.3) is 0 Å². The summed E-state index contributed by atoms with van der Waals surface area (Å²) in [5, 5.41) is 4.12. The van der Waals surface area contributed by atoms with E-state index >= 15 is 0 Å². The topological polar surface area (TPSA) is 91.3 Å². The number of benzene rings is 1. The van der Waals surface area contributed by atoms with Gasteiger partial charge in [0.15, 0.2) is 5.13 Å². The molecule has 0 aliphatic carbocycles. The van der Waals surface area contributed by atoms with Crippen LogP contribution in [0.2, 0.25) is 5.15 Å². The summed E-state index contributed by atoms with van der Waals surface area (Å²) in [5.74, 6) is 1.20. The number of halogens is 1. The summed E-state index contributed by atoms with van der Waals surface area (Å²) in [4.78, 5) is 15.5. The summed E-state index contributed by atoms with van der Waals surface area (Å²) in [6.45, 7) is 4.42. The Labute approximate surface area is 178 Å². The number of hydrogen-bond acceptors (Lipinski definition) is 8. The minimum absolute atomic E-state index is 0.295. The second-order valence-electron chi connectivity index (χ2n) is 6.83. The van der Waals surface area contributed by atoms with E-state index in [9.17, 15) is 8.42 Å². The summed E-state index contributed by atoms with van der Waals surface area (Å²) in [6, 6.07) is 6.69. The fourth-order valence-electron chi connectivity index (χ4n) is 3.09. The van der Waals surface area contributed by atoms with Crippen LogP contribution in [0.5, 0.6) is 0 Å². The first-order valence-corrected chi connectivity index (χ1v) is 11.9. The lowest BCUT2D eigenvalue weighted by Crippen LogP contribution is -2.46. The molecule has 0 unspecified atom stereocenters. The lowest BCUT2D eigenvalue weighted by molar-refractivity contribution is 0.222. The summed E-state index contributed by atoms with van der Waals surface area (Å²) >= 11 is 7.42. The van der Waals surface area contributed by atoms with E-state index in [2.05, 4.69) is 25.2 Å². The number of rotatable bonds is 5. The van der Waals surface area contributed by atoms with Crippen molar-refractivity contribution >= 4 is 54.1 Å². The Bertz CT molecular complexity index is 1140. The Morgan fingerprint density at radius 2 is 1.90 bits per heavy atom. The van der Waals surface area contributed by atoms with Gasteiger partial charge in [-0.3, -0.25) is 0 Å². The second-order valence-corrected chi connectivity index (χ2v) is 10.2. The van der Waals surface area contributed by atoms with Crippen LogP contribution in [-0.4, -0.2) is 65.8 Å². The van der Waals surface area contributed by atoms with Crippen LogP contribution in [0.15, 0.2) is 29.2 Å². The van der Waals surface area contributed by atoms with Gasteiger partial charge in [-0.2, -0.15) is 4.31 Å². The Morgan fingerprint density at radius 1 is 1.14 bits per heavy atom. The van der Waals surface area contributed by atoms with Crippen molar-refractivity contribution in [1.82, 2.24) is 24.2 Å². The highest BCUT2D eigenvalue weighted by Crippen LogP contribution is 2.31. The molecule has 1 aliphatic rings. The van der Waals surface area contributed by atoms with E-state index < -0.39 is 10.0 Å². The fraction of sp³-hybridized carbons (Fsp3) is 0.389. The molecular formula is C18H21ClN6O2S2. The van der Waals surface area contributed by atoms with Crippen LogP contribution in [0.3, 0.4) is 0 Å². The molecule has 2 aromatic heterocycles. The van der Waals surface area contributed by atoms with Crippen LogP contribution in [-0.2, 0) is 16.4 Å². The van der Waals surface area contributed by atoms with E-state index in [1.54, 1.807) is 28.6 Å². The number of nitrogens with one attached hydrogen (secondary N) is 1. The third kappa shape index (κ3) is 4.36. The summed E-state index contributed by atoms with van der Waals surface area (Å²) in [5.41, 5.74) is 0.727. The van der Waals surface area contributed by atoms with E-state index in [0.717, 1.165) is 23.3 Å². The molecule has 0 atom stereocenters. The van der Waals surface area contributed by atoms with Crippen LogP contribution in [0, 0.1) is 0 Å². The normalized spacial score (nSPS) is 16.4. The number of hydrogen-bond donors (Lipinski definition) is 1. The summed E-state index contributed by atoms with van der Waals surface area (Å²) < 4.78 is 28.3. The third-order valence-electron chi connectivity index (χ3n) is 4.75. The highest BCUT2D eigenvalue weighted by molar-refractivity contribution is 7.89. The van der Waals surface area contributed by atoms with Gasteiger partial charge in [0, 0.05) is 38.7 Å². The van der Waals surface area contributed by atoms with Crippen LogP contribution in [0.4, 0.5) is 10.9 Å². The number of fused-ring (bicyclic) bond motifs is 1. The molecule has 1 aliphatic heterocycles. The van der Waals surface area contributed by atoms with E-state index in [-0.39, 0.29) is 0 Å². The van der Waals surface area contributed by atoms with E-state index in [4.69, 9.17) is 11.6 Å². The van der Waals surface area contributed by atoms with Crippen molar-refractivity contribution in [2.24, 2.45) is 0 Å². The molecule has 1 aromatic carbocycles. The molecule has 8 nitrogen and oxygen atoms in total. The van der Waals surface area contributed by atoms with Crippen molar-refractivity contribution in [3.8, 4) is 0 Å². The first-order valence-electron chi connectivity index (χ1n) is 9.25. The molecule has 1 N–H and O–H groups in total. The van der Waals surface area contributed by atoms with Gasteiger partial charge in [0.05, 0.1) is 15.1 Å². The average molecular weight is 453 g/mol. The van der Waals surface area contributed by atoms with Crippen molar-refractivity contribution in [1.29, 1.82) is 0 Å². The zero-order valence-electron chi connectivity index (χ0n) is 16.1. The van der Waals surface area contributed by atoms with Crippen molar-refractivity contribution in [3.63, 3.8) is 0 Å². The maximum Gasteiger partial charge on any atom is 0.243 e. The molecule has 0 spiro atoms. The van der Waals surface area contributed by atoms with Gasteiger partial charge in [-0.05, 0) is 25.2 Å². The molecule has 0 saturated carbocycles. The van der Waals surface area contributed by atoms with Gasteiger partial charge < -0.3 is 10.2 Å². The summed E-state index contributed by atoms with van der Waals surface area (Å²) in [7, 11) is -1.52. The van der Waals surface area contributed by atoms with Crippen LogP contribution in [0.1, 0.15) is 12.7 Å². The number of sulfonamides is 1. The molecule has 0 radical (unpaired) electrons. The Morgan fingerprint density at radius 3 is 2.62 bits per heavy atom. The largest absolute Gasteiger partial charge is 0.316 e. The Hall–Kier alpha value is -1.85. The number of aromatic nitrogens is 3. The molecule has 4 rings (SSSR count). The smallest absolute Gasteiger partial charge is 0.243 e. The maximum absolute atomic E-state index is 13.0. The number of nitrogens with zero attached hydrogens (tertiary/aromatic N) is 5. The van der Waals surface area contributed by atoms with Gasteiger partial charge in [0.1, 0.15) is 16.8 Å². The van der Waals surface area contributed by atoms with Crippen molar-refractivity contribution in [2.75, 3.05) is 38.5 Å². The van der Waals surface area contributed by atoms with E-state index in [1.165, 1.54) is 11.3 Å². The fourth-order valence-corrected chi connectivity index (χ4v) is 5.73. The highest BCUT2D eigenvalue weighted by Gasteiger charge is 2.27. The van der Waals surface area contributed by atoms with Crippen LogP contribution >= 0.6 is 22.9 Å². The SMILES string of the molecule is CCc1nc(Cl)cc(Nc2nc3ccc(S(=O)(=O)N4CCN(C)CC4)cc3s2)n1. The predicted molar refractivity (Wildman–Crippen MR) is 116 cm³/mol.